The average Bonchev–Trinajstić information content (AvgIpc) is 2.81. The minimum absolute atomic E-state index is 0.0701. The highest BCUT2D eigenvalue weighted by Gasteiger charge is 2.34. The van der Waals surface area contributed by atoms with Crippen LogP contribution in [0.1, 0.15) is 24.4 Å². The first-order valence-corrected chi connectivity index (χ1v) is 6.68. The van der Waals surface area contributed by atoms with Crippen LogP contribution >= 0.6 is 0 Å². The third kappa shape index (κ3) is 2.84. The van der Waals surface area contributed by atoms with Crippen molar-refractivity contribution in [1.82, 2.24) is 9.55 Å². The molecule has 1 aromatic heterocycles. The summed E-state index contributed by atoms with van der Waals surface area (Å²) in [5.74, 6) is 0.326. The maximum Gasteiger partial charge on any atom is 0.349 e. The Bertz CT molecular complexity index is 517. The highest BCUT2D eigenvalue weighted by molar-refractivity contribution is 5.41. The predicted molar refractivity (Wildman–Crippen MR) is 73.6 cm³/mol. The second kappa shape index (κ2) is 6.34. The standard InChI is InChI=1S/C13H21N3O4/c1-14-12-9(7-20-2)5-16(13(19)15-12)10-3-8(6-17)11(18)4-10/h5,8,10-11,17-18H,3-4,6-7H2,1-2H3,(H,14,15,19)/t8-,10-,11+/m1/s1. The van der Waals surface area contributed by atoms with E-state index in [1.165, 1.54) is 4.57 Å². The lowest BCUT2D eigenvalue weighted by atomic mass is 10.1. The normalized spacial score (nSPS) is 25.9. The summed E-state index contributed by atoms with van der Waals surface area (Å²) in [6.45, 7) is 0.279. The molecule has 1 fully saturated rings. The second-order valence-corrected chi connectivity index (χ2v) is 5.12. The molecule has 3 atom stereocenters. The molecule has 0 spiro atoms. The number of hydrogen-bond acceptors (Lipinski definition) is 6. The fourth-order valence-corrected chi connectivity index (χ4v) is 2.75. The molecule has 7 heteroatoms. The summed E-state index contributed by atoms with van der Waals surface area (Å²) in [5, 5.41) is 21.9. The van der Waals surface area contributed by atoms with Gasteiger partial charge in [0.2, 0.25) is 0 Å². The number of anilines is 1. The number of aliphatic hydroxyl groups is 2. The van der Waals surface area contributed by atoms with Gasteiger partial charge in [-0.25, -0.2) is 4.79 Å². The molecule has 20 heavy (non-hydrogen) atoms. The smallest absolute Gasteiger partial charge is 0.349 e. The first kappa shape index (κ1) is 15.0. The molecular formula is C13H21N3O4. The van der Waals surface area contributed by atoms with Crippen molar-refractivity contribution in [3.63, 3.8) is 0 Å². The molecule has 0 aromatic carbocycles. The van der Waals surface area contributed by atoms with Crippen LogP contribution in [0.15, 0.2) is 11.0 Å². The van der Waals surface area contributed by atoms with E-state index in [9.17, 15) is 15.0 Å². The van der Waals surface area contributed by atoms with Gasteiger partial charge in [0.1, 0.15) is 5.82 Å². The van der Waals surface area contributed by atoms with Crippen LogP contribution < -0.4 is 11.0 Å². The van der Waals surface area contributed by atoms with Crippen molar-refractivity contribution in [2.24, 2.45) is 5.92 Å². The van der Waals surface area contributed by atoms with E-state index in [2.05, 4.69) is 10.3 Å². The zero-order valence-corrected chi connectivity index (χ0v) is 11.7. The number of nitrogens with zero attached hydrogens (tertiary/aromatic N) is 2. The first-order chi connectivity index (χ1) is 9.60. The molecule has 0 amide bonds. The van der Waals surface area contributed by atoms with Crippen LogP contribution in [-0.4, -0.2) is 46.6 Å². The van der Waals surface area contributed by atoms with Crippen molar-refractivity contribution < 1.29 is 14.9 Å². The van der Waals surface area contributed by atoms with Crippen LogP contribution in [0.5, 0.6) is 0 Å². The second-order valence-electron chi connectivity index (χ2n) is 5.12. The summed E-state index contributed by atoms with van der Waals surface area (Å²) < 4.78 is 6.64. The summed E-state index contributed by atoms with van der Waals surface area (Å²) in [7, 11) is 3.28. The van der Waals surface area contributed by atoms with Crippen LogP contribution in [0.3, 0.4) is 0 Å². The number of aliphatic hydroxyl groups excluding tert-OH is 2. The Morgan fingerprint density at radius 3 is 2.85 bits per heavy atom. The van der Waals surface area contributed by atoms with E-state index in [-0.39, 0.29) is 24.3 Å². The SMILES string of the molecule is CNc1nc(=O)n([C@@H]2C[C@H](CO)[C@@H](O)C2)cc1COC. The third-order valence-electron chi connectivity index (χ3n) is 3.82. The van der Waals surface area contributed by atoms with Crippen molar-refractivity contribution >= 4 is 5.82 Å². The Hall–Kier alpha value is -1.44. The van der Waals surface area contributed by atoms with Gasteiger partial charge in [-0.15, -0.1) is 0 Å². The topological polar surface area (TPSA) is 96.6 Å². The summed E-state index contributed by atoms with van der Waals surface area (Å²) >= 11 is 0. The fourth-order valence-electron chi connectivity index (χ4n) is 2.75. The summed E-state index contributed by atoms with van der Waals surface area (Å²) in [4.78, 5) is 16.1. The molecule has 0 saturated heterocycles. The molecule has 112 valence electrons. The van der Waals surface area contributed by atoms with E-state index < -0.39 is 6.10 Å². The summed E-state index contributed by atoms with van der Waals surface area (Å²) in [6.07, 6.45) is 2.18. The van der Waals surface area contributed by atoms with Gasteiger partial charge in [-0.05, 0) is 12.8 Å². The van der Waals surface area contributed by atoms with Gasteiger partial charge >= 0.3 is 5.69 Å². The Morgan fingerprint density at radius 1 is 1.55 bits per heavy atom. The fraction of sp³-hybridized carbons (Fsp3) is 0.692. The lowest BCUT2D eigenvalue weighted by Crippen LogP contribution is -2.28. The van der Waals surface area contributed by atoms with Gasteiger partial charge in [-0.3, -0.25) is 4.57 Å². The van der Waals surface area contributed by atoms with Crippen molar-refractivity contribution in [3.8, 4) is 0 Å². The average molecular weight is 283 g/mol. The van der Waals surface area contributed by atoms with Crippen molar-refractivity contribution in [2.45, 2.75) is 31.6 Å². The van der Waals surface area contributed by atoms with Gasteiger partial charge in [0.25, 0.3) is 0 Å². The molecule has 1 heterocycles. The van der Waals surface area contributed by atoms with Crippen molar-refractivity contribution in [2.75, 3.05) is 26.1 Å². The largest absolute Gasteiger partial charge is 0.396 e. The van der Waals surface area contributed by atoms with E-state index >= 15 is 0 Å². The van der Waals surface area contributed by atoms with Gasteiger partial charge in [-0.1, -0.05) is 0 Å². The minimum atomic E-state index is -0.577. The number of nitrogens with one attached hydrogen (secondary N) is 1. The van der Waals surface area contributed by atoms with Gasteiger partial charge in [0, 0.05) is 44.5 Å². The molecule has 1 aliphatic rings. The maximum atomic E-state index is 12.1. The summed E-state index contributed by atoms with van der Waals surface area (Å²) in [6, 6.07) is -0.135. The van der Waals surface area contributed by atoms with Crippen LogP contribution in [0.25, 0.3) is 0 Å². The van der Waals surface area contributed by atoms with Crippen molar-refractivity contribution in [3.05, 3.63) is 22.2 Å². The molecule has 0 unspecified atom stereocenters. The predicted octanol–water partition coefficient (Wildman–Crippen LogP) is -0.264. The molecule has 1 saturated carbocycles. The molecule has 7 nitrogen and oxygen atoms in total. The van der Waals surface area contributed by atoms with E-state index in [0.29, 0.717) is 25.3 Å². The Balaban J connectivity index is 2.32. The Labute approximate surface area is 117 Å². The number of rotatable bonds is 5. The van der Waals surface area contributed by atoms with Crippen molar-refractivity contribution in [1.29, 1.82) is 0 Å². The molecule has 0 aliphatic heterocycles. The van der Waals surface area contributed by atoms with Gasteiger partial charge in [0.05, 0.1) is 12.7 Å². The van der Waals surface area contributed by atoms with Gasteiger partial charge in [0.15, 0.2) is 0 Å². The molecule has 0 radical (unpaired) electrons. The van der Waals surface area contributed by atoms with Gasteiger partial charge in [-0.2, -0.15) is 4.98 Å². The lowest BCUT2D eigenvalue weighted by Gasteiger charge is -2.16. The van der Waals surface area contributed by atoms with Crippen LogP contribution in [0.2, 0.25) is 0 Å². The maximum absolute atomic E-state index is 12.1. The Morgan fingerprint density at radius 2 is 2.30 bits per heavy atom. The summed E-state index contributed by atoms with van der Waals surface area (Å²) in [5.41, 5.74) is 0.432. The van der Waals surface area contributed by atoms with Gasteiger partial charge < -0.3 is 20.3 Å². The first-order valence-electron chi connectivity index (χ1n) is 6.68. The highest BCUT2D eigenvalue weighted by atomic mass is 16.5. The number of methoxy groups -OCH3 is 1. The van der Waals surface area contributed by atoms with E-state index in [1.807, 2.05) is 0 Å². The van der Waals surface area contributed by atoms with Crippen LogP contribution in [-0.2, 0) is 11.3 Å². The molecule has 2 rings (SSSR count). The number of aromatic nitrogens is 2. The van der Waals surface area contributed by atoms with E-state index in [4.69, 9.17) is 4.74 Å². The minimum Gasteiger partial charge on any atom is -0.396 e. The molecule has 0 bridgehead atoms. The molecular weight excluding hydrogens is 262 g/mol. The monoisotopic (exact) mass is 283 g/mol. The lowest BCUT2D eigenvalue weighted by molar-refractivity contribution is 0.0906. The van der Waals surface area contributed by atoms with Crippen LogP contribution in [0, 0.1) is 5.92 Å². The van der Waals surface area contributed by atoms with Crippen LogP contribution in [0.4, 0.5) is 5.82 Å². The van der Waals surface area contributed by atoms with E-state index in [0.717, 1.165) is 5.56 Å². The van der Waals surface area contributed by atoms with E-state index in [1.54, 1.807) is 20.4 Å². The quantitative estimate of drug-likeness (QED) is 0.688. The third-order valence-corrected chi connectivity index (χ3v) is 3.82. The number of hydrogen-bond donors (Lipinski definition) is 3. The number of ether oxygens (including phenoxy) is 1. The highest BCUT2D eigenvalue weighted by Crippen LogP contribution is 2.34. The Kier molecular flexibility index (Phi) is 4.74. The zero-order chi connectivity index (χ0) is 14.7. The zero-order valence-electron chi connectivity index (χ0n) is 11.7. The molecule has 1 aliphatic carbocycles. The molecule has 3 N–H and O–H groups in total. The molecule has 1 aromatic rings.